The highest BCUT2D eigenvalue weighted by molar-refractivity contribution is 5.68. The maximum Gasteiger partial charge on any atom is 0.152 e. The van der Waals surface area contributed by atoms with E-state index < -0.39 is 0 Å². The van der Waals surface area contributed by atoms with Crippen LogP contribution in [0.2, 0.25) is 0 Å². The summed E-state index contributed by atoms with van der Waals surface area (Å²) in [6, 6.07) is 0. The van der Waals surface area contributed by atoms with E-state index in [9.17, 15) is 0 Å². The number of nitrogens with two attached hydrogens (primary N) is 2. The van der Waals surface area contributed by atoms with Crippen molar-refractivity contribution in [3.63, 3.8) is 0 Å². The molecule has 0 aromatic carbocycles. The molecule has 2 heterocycles. The van der Waals surface area contributed by atoms with Gasteiger partial charge in [-0.25, -0.2) is 14.6 Å². The molecule has 3 rings (SSSR count). The normalized spacial score (nSPS) is 16.5. The van der Waals surface area contributed by atoms with E-state index in [0.29, 0.717) is 11.7 Å². The maximum absolute atomic E-state index is 6.07. The van der Waals surface area contributed by atoms with Crippen molar-refractivity contribution in [1.29, 1.82) is 0 Å². The molecule has 6 nitrogen and oxygen atoms in total. The third-order valence-electron chi connectivity index (χ3n) is 3.75. The van der Waals surface area contributed by atoms with Gasteiger partial charge in [0.05, 0.1) is 18.2 Å². The molecule has 18 heavy (non-hydrogen) atoms. The number of aromatic nitrogens is 4. The van der Waals surface area contributed by atoms with Gasteiger partial charge in [0.1, 0.15) is 11.5 Å². The van der Waals surface area contributed by atoms with E-state index >= 15 is 0 Å². The molecule has 1 fully saturated rings. The van der Waals surface area contributed by atoms with Gasteiger partial charge in [0, 0.05) is 13.0 Å². The van der Waals surface area contributed by atoms with Gasteiger partial charge in [0.25, 0.3) is 0 Å². The maximum atomic E-state index is 6.07. The summed E-state index contributed by atoms with van der Waals surface area (Å²) in [5.74, 6) is 7.90. The minimum Gasteiger partial charge on any atom is -0.382 e. The van der Waals surface area contributed by atoms with E-state index in [-0.39, 0.29) is 0 Å². The number of hydrogen-bond donors (Lipinski definition) is 2. The van der Waals surface area contributed by atoms with Crippen LogP contribution in [0.1, 0.15) is 37.4 Å². The number of aryl methyl sites for hydroxylation is 1. The van der Waals surface area contributed by atoms with Crippen molar-refractivity contribution >= 4 is 5.82 Å². The zero-order valence-electron chi connectivity index (χ0n) is 10.5. The summed E-state index contributed by atoms with van der Waals surface area (Å²) in [6.45, 7) is 0. The molecule has 0 spiro atoms. The molecule has 96 valence electrons. The Bertz CT molecular complexity index is 561. The SMILES string of the molecule is Cn1cncc1-c1nc(C2CCCC2)n(N)c1N. The van der Waals surface area contributed by atoms with Crippen LogP contribution in [0.4, 0.5) is 5.82 Å². The van der Waals surface area contributed by atoms with Gasteiger partial charge in [-0.3, -0.25) is 0 Å². The molecule has 2 aromatic heterocycles. The third kappa shape index (κ3) is 1.56. The van der Waals surface area contributed by atoms with Crippen LogP contribution in [0, 0.1) is 0 Å². The molecule has 0 aliphatic heterocycles. The van der Waals surface area contributed by atoms with Crippen molar-refractivity contribution in [1.82, 2.24) is 19.2 Å². The molecule has 0 radical (unpaired) electrons. The molecule has 0 bridgehead atoms. The largest absolute Gasteiger partial charge is 0.382 e. The number of nitrogen functional groups attached to an aromatic ring is 2. The second-order valence-electron chi connectivity index (χ2n) is 4.95. The van der Waals surface area contributed by atoms with Gasteiger partial charge in [-0.15, -0.1) is 0 Å². The first kappa shape index (κ1) is 11.1. The van der Waals surface area contributed by atoms with Crippen LogP contribution in [0.5, 0.6) is 0 Å². The summed E-state index contributed by atoms with van der Waals surface area (Å²) >= 11 is 0. The van der Waals surface area contributed by atoms with Crippen LogP contribution in [0.15, 0.2) is 12.5 Å². The number of anilines is 1. The Hall–Kier alpha value is -1.98. The van der Waals surface area contributed by atoms with Crippen LogP contribution in [-0.2, 0) is 7.05 Å². The van der Waals surface area contributed by atoms with Crippen LogP contribution in [0.3, 0.4) is 0 Å². The van der Waals surface area contributed by atoms with Crippen molar-refractivity contribution in [3.8, 4) is 11.4 Å². The zero-order chi connectivity index (χ0) is 12.7. The average molecular weight is 246 g/mol. The molecule has 0 amide bonds. The molecule has 1 aliphatic rings. The number of imidazole rings is 2. The van der Waals surface area contributed by atoms with E-state index in [1.54, 1.807) is 17.2 Å². The van der Waals surface area contributed by atoms with Crippen molar-refractivity contribution in [2.24, 2.45) is 7.05 Å². The Labute approximate surface area is 106 Å². The van der Waals surface area contributed by atoms with E-state index in [4.69, 9.17) is 11.6 Å². The number of hydrogen-bond acceptors (Lipinski definition) is 4. The standard InChI is InChI=1S/C12H18N6/c1-17-7-15-6-9(17)10-11(13)18(14)12(16-10)8-4-2-3-5-8/h6-8H,2-5,13-14H2,1H3. The van der Waals surface area contributed by atoms with Crippen molar-refractivity contribution in [2.75, 3.05) is 11.6 Å². The first-order chi connectivity index (χ1) is 8.68. The molecular weight excluding hydrogens is 228 g/mol. The fourth-order valence-corrected chi connectivity index (χ4v) is 2.71. The van der Waals surface area contributed by atoms with Crippen molar-refractivity contribution in [3.05, 3.63) is 18.3 Å². The topological polar surface area (TPSA) is 87.7 Å². The Kier molecular flexibility index (Phi) is 2.50. The van der Waals surface area contributed by atoms with Crippen LogP contribution >= 0.6 is 0 Å². The fraction of sp³-hybridized carbons (Fsp3) is 0.500. The zero-order valence-corrected chi connectivity index (χ0v) is 10.5. The molecule has 0 unspecified atom stereocenters. The fourth-order valence-electron chi connectivity index (χ4n) is 2.71. The lowest BCUT2D eigenvalue weighted by atomic mass is 10.1. The minimum absolute atomic E-state index is 0.444. The third-order valence-corrected chi connectivity index (χ3v) is 3.75. The summed E-state index contributed by atoms with van der Waals surface area (Å²) in [4.78, 5) is 8.74. The predicted molar refractivity (Wildman–Crippen MR) is 70.2 cm³/mol. The number of rotatable bonds is 2. The first-order valence-corrected chi connectivity index (χ1v) is 6.28. The quantitative estimate of drug-likeness (QED) is 0.780. The monoisotopic (exact) mass is 246 g/mol. The van der Waals surface area contributed by atoms with E-state index in [1.165, 1.54) is 12.8 Å². The summed E-state index contributed by atoms with van der Waals surface area (Å²) < 4.78 is 3.44. The average Bonchev–Trinajstić information content (AvgIpc) is 3.04. The van der Waals surface area contributed by atoms with E-state index in [1.807, 2.05) is 11.6 Å². The van der Waals surface area contributed by atoms with E-state index in [0.717, 1.165) is 30.1 Å². The summed E-state index contributed by atoms with van der Waals surface area (Å²) in [7, 11) is 1.92. The molecule has 1 saturated carbocycles. The predicted octanol–water partition coefficient (Wildman–Crippen LogP) is 1.24. The summed E-state index contributed by atoms with van der Waals surface area (Å²) in [6.07, 6.45) is 8.30. The minimum atomic E-state index is 0.444. The molecule has 4 N–H and O–H groups in total. The first-order valence-electron chi connectivity index (χ1n) is 6.28. The van der Waals surface area contributed by atoms with Gasteiger partial charge in [-0.05, 0) is 12.8 Å². The summed E-state index contributed by atoms with van der Waals surface area (Å²) in [5, 5.41) is 0. The van der Waals surface area contributed by atoms with Gasteiger partial charge in [-0.1, -0.05) is 12.8 Å². The second-order valence-corrected chi connectivity index (χ2v) is 4.95. The molecule has 6 heteroatoms. The van der Waals surface area contributed by atoms with Gasteiger partial charge >= 0.3 is 0 Å². The van der Waals surface area contributed by atoms with Gasteiger partial charge in [0.15, 0.2) is 5.82 Å². The highest BCUT2D eigenvalue weighted by Gasteiger charge is 2.25. The van der Waals surface area contributed by atoms with Crippen LogP contribution in [0.25, 0.3) is 11.4 Å². The van der Waals surface area contributed by atoms with Crippen LogP contribution in [-0.4, -0.2) is 19.2 Å². The molecular formula is C12H18N6. The molecule has 1 aliphatic carbocycles. The van der Waals surface area contributed by atoms with E-state index in [2.05, 4.69) is 9.97 Å². The van der Waals surface area contributed by atoms with Crippen molar-refractivity contribution < 1.29 is 0 Å². The van der Waals surface area contributed by atoms with Gasteiger partial charge in [-0.2, -0.15) is 0 Å². The Morgan fingerprint density at radius 1 is 1.33 bits per heavy atom. The van der Waals surface area contributed by atoms with Gasteiger partial charge < -0.3 is 16.1 Å². The van der Waals surface area contributed by atoms with Crippen LogP contribution < -0.4 is 11.6 Å². The lowest BCUT2D eigenvalue weighted by Gasteiger charge is -2.08. The number of nitrogens with zero attached hydrogens (tertiary/aromatic N) is 4. The summed E-state index contributed by atoms with van der Waals surface area (Å²) in [5.41, 5.74) is 7.70. The van der Waals surface area contributed by atoms with Gasteiger partial charge in [0.2, 0.25) is 0 Å². The Morgan fingerprint density at radius 2 is 2.06 bits per heavy atom. The molecule has 2 aromatic rings. The second kappa shape index (κ2) is 4.04. The lowest BCUT2D eigenvalue weighted by molar-refractivity contribution is 0.648. The molecule has 0 saturated heterocycles. The Morgan fingerprint density at radius 3 is 2.67 bits per heavy atom. The molecule has 0 atom stereocenters. The highest BCUT2D eigenvalue weighted by Crippen LogP contribution is 2.36. The highest BCUT2D eigenvalue weighted by atomic mass is 15.4. The van der Waals surface area contributed by atoms with Crippen molar-refractivity contribution in [2.45, 2.75) is 31.6 Å². The Balaban J connectivity index is 2.06. The lowest BCUT2D eigenvalue weighted by Crippen LogP contribution is -2.17. The smallest absolute Gasteiger partial charge is 0.152 e.